The molecule has 0 N–H and O–H groups in total. The molecule has 0 fully saturated rings. The van der Waals surface area contributed by atoms with Gasteiger partial charge in [0.2, 0.25) is 0 Å². The number of fused-ring (bicyclic) bond motifs is 2. The van der Waals surface area contributed by atoms with Crippen molar-refractivity contribution in [3.05, 3.63) is 70.8 Å². The lowest BCUT2D eigenvalue weighted by Crippen LogP contribution is -2.06. The van der Waals surface area contributed by atoms with Crippen LogP contribution >= 0.6 is 0 Å². The summed E-state index contributed by atoms with van der Waals surface area (Å²) in [4.78, 5) is 0. The van der Waals surface area contributed by atoms with Crippen LogP contribution in [-0.2, 0) is 12.8 Å². The molecule has 0 aromatic heterocycles. The van der Waals surface area contributed by atoms with Gasteiger partial charge in [-0.1, -0.05) is 139 Å². The van der Waals surface area contributed by atoms with Crippen molar-refractivity contribution in [1.29, 1.82) is 0 Å². The smallest absolute Gasteiger partial charge is 0.00201 e. The molecule has 3 rings (SSSR count). The Hall–Kier alpha value is -1.56. The van der Waals surface area contributed by atoms with E-state index in [9.17, 15) is 0 Å². The second-order valence-corrected chi connectivity index (χ2v) is 5.31. The van der Waals surface area contributed by atoms with Crippen LogP contribution in [0.2, 0.25) is 0 Å². The molecule has 0 nitrogen and oxygen atoms in total. The Morgan fingerprint density at radius 2 is 0.630 bits per heavy atom. The Balaban J connectivity index is -0.000000108. The second kappa shape index (κ2) is 26.7. The summed E-state index contributed by atoms with van der Waals surface area (Å²) in [5, 5.41) is 0. The summed E-state index contributed by atoms with van der Waals surface area (Å²) < 4.78 is 0. The topological polar surface area (TPSA) is 0 Å². The normalized spacial score (nSPS) is 8.59. The molecule has 160 valence electrons. The van der Waals surface area contributed by atoms with Crippen LogP contribution in [0.4, 0.5) is 0 Å². The molecule has 0 saturated carbocycles. The third kappa shape index (κ3) is 15.2. The zero-order chi connectivity index (χ0) is 18.8. The van der Waals surface area contributed by atoms with Crippen molar-refractivity contribution in [2.75, 3.05) is 0 Å². The van der Waals surface area contributed by atoms with Crippen LogP contribution in [0.25, 0.3) is 0 Å². The van der Waals surface area contributed by atoms with Crippen LogP contribution in [0.1, 0.15) is 113 Å². The van der Waals surface area contributed by atoms with E-state index in [0.717, 1.165) is 12.8 Å². The third-order valence-corrected chi connectivity index (χ3v) is 3.00. The lowest BCUT2D eigenvalue weighted by molar-refractivity contribution is 1.00. The summed E-state index contributed by atoms with van der Waals surface area (Å²) >= 11 is 0. The van der Waals surface area contributed by atoms with Gasteiger partial charge >= 0.3 is 0 Å². The largest absolute Gasteiger partial charge is 0.0776 e. The first-order valence-corrected chi connectivity index (χ1v) is 9.90. The Morgan fingerprint density at radius 1 is 0.481 bits per heavy atom. The van der Waals surface area contributed by atoms with E-state index in [2.05, 4.69) is 76.2 Å². The molecule has 1 aliphatic carbocycles. The first-order chi connectivity index (χ1) is 11.8. The highest BCUT2D eigenvalue weighted by Crippen LogP contribution is 2.26. The van der Waals surface area contributed by atoms with Crippen molar-refractivity contribution in [2.24, 2.45) is 0 Å². The molecule has 0 spiro atoms. The zero-order valence-corrected chi connectivity index (χ0v) is 17.4. The molecular formula is C27H52. The van der Waals surface area contributed by atoms with Crippen molar-refractivity contribution >= 4 is 0 Å². The number of hydrogen-bond acceptors (Lipinski definition) is 0. The molecular weight excluding hydrogens is 324 g/mol. The van der Waals surface area contributed by atoms with Gasteiger partial charge in [0, 0.05) is 0 Å². The van der Waals surface area contributed by atoms with E-state index in [1.165, 1.54) is 35.1 Å². The molecule has 2 aromatic rings. The quantitative estimate of drug-likeness (QED) is 0.366. The van der Waals surface area contributed by atoms with Crippen LogP contribution in [0, 0.1) is 0 Å². The molecule has 0 atom stereocenters. The summed E-state index contributed by atoms with van der Waals surface area (Å²) in [6.45, 7) is 16.5. The van der Waals surface area contributed by atoms with Gasteiger partial charge in [0.05, 0.1) is 0 Å². The first kappa shape index (κ1) is 36.4. The monoisotopic (exact) mass is 376 g/mol. The van der Waals surface area contributed by atoms with Gasteiger partial charge in [-0.15, -0.1) is 0 Å². The van der Waals surface area contributed by atoms with Crippen LogP contribution in [0.3, 0.4) is 0 Å². The lowest BCUT2D eigenvalue weighted by Gasteiger charge is -2.18. The van der Waals surface area contributed by atoms with Crippen molar-refractivity contribution in [1.82, 2.24) is 0 Å². The van der Waals surface area contributed by atoms with Gasteiger partial charge in [-0.25, -0.2) is 0 Å². The van der Waals surface area contributed by atoms with Crippen molar-refractivity contribution in [3.8, 4) is 0 Å². The number of hydrogen-bond donors (Lipinski definition) is 0. The maximum absolute atomic E-state index is 2.24. The van der Waals surface area contributed by atoms with Crippen LogP contribution in [0.15, 0.2) is 48.5 Å². The molecule has 2 aromatic carbocycles. The van der Waals surface area contributed by atoms with Gasteiger partial charge in [-0.2, -0.15) is 0 Å². The fourth-order valence-electron chi connectivity index (χ4n) is 2.22. The summed E-state index contributed by atoms with van der Waals surface area (Å²) in [6.07, 6.45) is 4.71. The van der Waals surface area contributed by atoms with Gasteiger partial charge in [-0.3, -0.25) is 0 Å². The Morgan fingerprint density at radius 3 is 0.778 bits per heavy atom. The van der Waals surface area contributed by atoms with E-state index in [4.69, 9.17) is 0 Å². The van der Waals surface area contributed by atoms with Gasteiger partial charge in [-0.05, 0) is 35.1 Å². The summed E-state index contributed by atoms with van der Waals surface area (Å²) in [5.74, 6) is 0. The summed E-state index contributed by atoms with van der Waals surface area (Å²) in [5.41, 5.74) is 5.97. The van der Waals surface area contributed by atoms with E-state index in [1.54, 1.807) is 0 Å². The highest BCUT2D eigenvalue weighted by Gasteiger charge is 2.12. The van der Waals surface area contributed by atoms with E-state index in [-0.39, 0.29) is 22.3 Å². The average molecular weight is 377 g/mol. The van der Waals surface area contributed by atoms with Crippen molar-refractivity contribution in [2.45, 2.75) is 103 Å². The molecule has 0 unspecified atom stereocenters. The Bertz CT molecular complexity index is 407. The van der Waals surface area contributed by atoms with Crippen LogP contribution in [0.5, 0.6) is 0 Å². The number of rotatable bonds is 0. The molecule has 27 heavy (non-hydrogen) atoms. The highest BCUT2D eigenvalue weighted by molar-refractivity contribution is 5.44. The minimum absolute atomic E-state index is 0. The molecule has 0 heterocycles. The molecule has 0 bridgehead atoms. The molecule has 0 saturated heterocycles. The van der Waals surface area contributed by atoms with E-state index >= 15 is 0 Å². The maximum Gasteiger partial charge on any atom is -0.00201 e. The minimum atomic E-state index is 0. The molecule has 0 radical (unpaired) electrons. The van der Waals surface area contributed by atoms with E-state index in [0.29, 0.717) is 0 Å². The van der Waals surface area contributed by atoms with Gasteiger partial charge in [0.25, 0.3) is 0 Å². The van der Waals surface area contributed by atoms with E-state index in [1.807, 2.05) is 27.7 Å². The zero-order valence-electron chi connectivity index (χ0n) is 17.4. The average Bonchev–Trinajstić information content (AvgIpc) is 2.64. The summed E-state index contributed by atoms with van der Waals surface area (Å²) in [6, 6.07) is 17.5. The maximum atomic E-state index is 2.24. The van der Waals surface area contributed by atoms with Crippen LogP contribution in [-0.4, -0.2) is 0 Å². The van der Waals surface area contributed by atoms with Crippen molar-refractivity contribution < 1.29 is 0 Å². The third-order valence-electron chi connectivity index (χ3n) is 3.00. The molecule has 1 aliphatic rings. The van der Waals surface area contributed by atoms with E-state index < -0.39 is 0 Å². The van der Waals surface area contributed by atoms with Gasteiger partial charge in [0.1, 0.15) is 0 Å². The Kier molecular flexibility index (Phi) is 35.9. The predicted octanol–water partition coefficient (Wildman–Crippen LogP) is 9.97. The fraction of sp³-hybridized carbons (Fsp3) is 0.556. The minimum Gasteiger partial charge on any atom is -0.0776 e. The fourth-order valence-corrected chi connectivity index (χ4v) is 2.22. The lowest BCUT2D eigenvalue weighted by atomic mass is 9.86. The van der Waals surface area contributed by atoms with Gasteiger partial charge in [0.15, 0.2) is 0 Å². The Labute approximate surface area is 174 Å². The SMILES string of the molecule is C.C.C.CC.CC.CCC.CCC.c1ccc2c(c1)Cc1ccccc1C2. The number of benzene rings is 2. The van der Waals surface area contributed by atoms with Crippen LogP contribution < -0.4 is 0 Å². The second-order valence-electron chi connectivity index (χ2n) is 5.31. The summed E-state index contributed by atoms with van der Waals surface area (Å²) in [7, 11) is 0. The highest BCUT2D eigenvalue weighted by atomic mass is 14.2. The van der Waals surface area contributed by atoms with Gasteiger partial charge < -0.3 is 0 Å². The first-order valence-electron chi connectivity index (χ1n) is 9.90. The standard InChI is InChI=1S/C14H12.2C3H8.2C2H6.3CH4/c1-2-6-12-10-14-8-4-3-7-13(14)9-11(12)5-1;2*1-3-2;2*1-2;;;/h1-8H,9-10H2;2*3H2,1-2H3;2*1-2H3;3*1H4. The van der Waals surface area contributed by atoms with Crippen molar-refractivity contribution in [3.63, 3.8) is 0 Å². The molecule has 0 heteroatoms. The molecule has 0 aliphatic heterocycles. The predicted molar refractivity (Wildman–Crippen MR) is 133 cm³/mol. The molecule has 0 amide bonds.